The van der Waals surface area contributed by atoms with Gasteiger partial charge in [-0.1, -0.05) is 18.5 Å². The predicted molar refractivity (Wildman–Crippen MR) is 68.9 cm³/mol. The van der Waals surface area contributed by atoms with Gasteiger partial charge in [-0.2, -0.15) is 4.98 Å². The van der Waals surface area contributed by atoms with Gasteiger partial charge in [-0.25, -0.2) is 4.98 Å². The Morgan fingerprint density at radius 1 is 1.47 bits per heavy atom. The van der Waals surface area contributed by atoms with Crippen molar-refractivity contribution in [2.45, 2.75) is 13.3 Å². The fourth-order valence-corrected chi connectivity index (χ4v) is 1.89. The number of ether oxygens (including phenoxy) is 1. The highest BCUT2D eigenvalue weighted by Gasteiger charge is 2.16. The Labute approximate surface area is 106 Å². The standard InChI is InChI=1S/C11H17ClN4O/c1-2-3-13-11-14-8-9(12)10(15-11)16-4-6-17-7-5-16/h8H,2-7H2,1H3,(H,13,14,15). The van der Waals surface area contributed by atoms with Crippen LogP contribution in [0, 0.1) is 0 Å². The first-order valence-corrected chi connectivity index (χ1v) is 6.28. The van der Waals surface area contributed by atoms with Gasteiger partial charge in [0.1, 0.15) is 5.02 Å². The molecule has 6 heteroatoms. The van der Waals surface area contributed by atoms with E-state index < -0.39 is 0 Å². The number of rotatable bonds is 4. The largest absolute Gasteiger partial charge is 0.378 e. The third-order valence-corrected chi connectivity index (χ3v) is 2.84. The number of hydrogen-bond donors (Lipinski definition) is 1. The zero-order valence-electron chi connectivity index (χ0n) is 9.95. The molecule has 94 valence electrons. The van der Waals surface area contributed by atoms with E-state index in [1.54, 1.807) is 6.20 Å². The number of hydrogen-bond acceptors (Lipinski definition) is 5. The lowest BCUT2D eigenvalue weighted by molar-refractivity contribution is 0.122. The minimum absolute atomic E-state index is 0.592. The second kappa shape index (κ2) is 6.02. The van der Waals surface area contributed by atoms with Crippen LogP contribution >= 0.6 is 11.6 Å². The topological polar surface area (TPSA) is 50.3 Å². The highest BCUT2D eigenvalue weighted by molar-refractivity contribution is 6.32. The maximum absolute atomic E-state index is 6.13. The smallest absolute Gasteiger partial charge is 0.224 e. The monoisotopic (exact) mass is 256 g/mol. The van der Waals surface area contributed by atoms with Crippen molar-refractivity contribution in [2.75, 3.05) is 43.1 Å². The fourth-order valence-electron chi connectivity index (χ4n) is 1.68. The van der Waals surface area contributed by atoms with Crippen molar-refractivity contribution >= 4 is 23.4 Å². The van der Waals surface area contributed by atoms with Gasteiger partial charge in [0.15, 0.2) is 5.82 Å². The van der Waals surface area contributed by atoms with Crippen LogP contribution in [0.5, 0.6) is 0 Å². The van der Waals surface area contributed by atoms with Crippen molar-refractivity contribution in [1.29, 1.82) is 0 Å². The van der Waals surface area contributed by atoms with Gasteiger partial charge in [0.05, 0.1) is 19.4 Å². The van der Waals surface area contributed by atoms with Crippen LogP contribution in [0.25, 0.3) is 0 Å². The lowest BCUT2D eigenvalue weighted by Gasteiger charge is -2.28. The normalized spacial score (nSPS) is 16.0. The molecule has 2 rings (SSSR count). The summed E-state index contributed by atoms with van der Waals surface area (Å²) in [6.07, 6.45) is 2.69. The minimum Gasteiger partial charge on any atom is -0.378 e. The average molecular weight is 257 g/mol. The van der Waals surface area contributed by atoms with Gasteiger partial charge in [-0.05, 0) is 6.42 Å². The summed E-state index contributed by atoms with van der Waals surface area (Å²) in [5.41, 5.74) is 0. The van der Waals surface area contributed by atoms with Gasteiger partial charge in [-0.3, -0.25) is 0 Å². The summed E-state index contributed by atoms with van der Waals surface area (Å²) in [4.78, 5) is 10.7. The van der Waals surface area contributed by atoms with Crippen molar-refractivity contribution in [3.63, 3.8) is 0 Å². The molecule has 0 bridgehead atoms. The van der Waals surface area contributed by atoms with Crippen LogP contribution in [0.15, 0.2) is 6.20 Å². The molecule has 5 nitrogen and oxygen atoms in total. The van der Waals surface area contributed by atoms with Crippen LogP contribution in [0.2, 0.25) is 5.02 Å². The molecule has 0 spiro atoms. The molecule has 1 N–H and O–H groups in total. The Balaban J connectivity index is 2.13. The summed E-state index contributed by atoms with van der Waals surface area (Å²) in [6.45, 7) is 6.06. The lowest BCUT2D eigenvalue weighted by Crippen LogP contribution is -2.37. The molecule has 17 heavy (non-hydrogen) atoms. The second-order valence-corrected chi connectivity index (χ2v) is 4.30. The number of aromatic nitrogens is 2. The van der Waals surface area contributed by atoms with E-state index in [4.69, 9.17) is 16.3 Å². The van der Waals surface area contributed by atoms with Crippen molar-refractivity contribution in [2.24, 2.45) is 0 Å². The molecule has 1 aromatic heterocycles. The molecule has 1 aromatic rings. The summed E-state index contributed by atoms with van der Waals surface area (Å²) in [5, 5.41) is 3.75. The Morgan fingerprint density at radius 2 is 2.24 bits per heavy atom. The van der Waals surface area contributed by atoms with Crippen molar-refractivity contribution in [1.82, 2.24) is 9.97 Å². The zero-order chi connectivity index (χ0) is 12.1. The molecule has 1 aliphatic rings. The molecule has 0 aromatic carbocycles. The van der Waals surface area contributed by atoms with E-state index in [2.05, 4.69) is 27.1 Å². The maximum Gasteiger partial charge on any atom is 0.224 e. The first kappa shape index (κ1) is 12.4. The van der Waals surface area contributed by atoms with Crippen LogP contribution in [0.3, 0.4) is 0 Å². The molecule has 1 aliphatic heterocycles. The number of anilines is 2. The summed E-state index contributed by atoms with van der Waals surface area (Å²) in [6, 6.07) is 0. The van der Waals surface area contributed by atoms with Gasteiger partial charge >= 0.3 is 0 Å². The number of nitrogens with one attached hydrogen (secondary N) is 1. The molecule has 0 aliphatic carbocycles. The number of halogens is 1. The van der Waals surface area contributed by atoms with Crippen LogP contribution in [-0.4, -0.2) is 42.8 Å². The van der Waals surface area contributed by atoms with Gasteiger partial charge in [0, 0.05) is 19.6 Å². The van der Waals surface area contributed by atoms with Gasteiger partial charge in [-0.15, -0.1) is 0 Å². The third kappa shape index (κ3) is 3.20. The van der Waals surface area contributed by atoms with Gasteiger partial charge in [0.2, 0.25) is 5.95 Å². The molecule has 0 radical (unpaired) electrons. The Kier molecular flexibility index (Phi) is 4.39. The third-order valence-electron chi connectivity index (χ3n) is 2.57. The summed E-state index contributed by atoms with van der Waals surface area (Å²) in [5.74, 6) is 1.43. The van der Waals surface area contributed by atoms with Crippen molar-refractivity contribution in [3.8, 4) is 0 Å². The first-order chi connectivity index (χ1) is 8.31. The van der Waals surface area contributed by atoms with E-state index in [0.717, 1.165) is 45.1 Å². The molecular weight excluding hydrogens is 240 g/mol. The second-order valence-electron chi connectivity index (χ2n) is 3.89. The van der Waals surface area contributed by atoms with E-state index in [1.807, 2.05) is 0 Å². The molecule has 1 fully saturated rings. The van der Waals surface area contributed by atoms with Gasteiger partial charge in [0.25, 0.3) is 0 Å². The maximum atomic E-state index is 6.13. The molecule has 0 atom stereocenters. The van der Waals surface area contributed by atoms with Crippen LogP contribution in [0.1, 0.15) is 13.3 Å². The first-order valence-electron chi connectivity index (χ1n) is 5.90. The number of nitrogens with zero attached hydrogens (tertiary/aromatic N) is 3. The van der Waals surface area contributed by atoms with E-state index in [1.165, 1.54) is 0 Å². The molecule has 2 heterocycles. The summed E-state index contributed by atoms with van der Waals surface area (Å²) >= 11 is 6.13. The van der Waals surface area contributed by atoms with Crippen molar-refractivity contribution in [3.05, 3.63) is 11.2 Å². The highest BCUT2D eigenvalue weighted by atomic mass is 35.5. The summed E-state index contributed by atoms with van der Waals surface area (Å²) in [7, 11) is 0. The van der Waals surface area contributed by atoms with Crippen LogP contribution < -0.4 is 10.2 Å². The molecule has 0 saturated carbocycles. The SMILES string of the molecule is CCCNc1ncc(Cl)c(N2CCOCC2)n1. The van der Waals surface area contributed by atoms with E-state index in [-0.39, 0.29) is 0 Å². The molecule has 0 unspecified atom stereocenters. The van der Waals surface area contributed by atoms with Crippen LogP contribution in [-0.2, 0) is 4.74 Å². The Bertz CT molecular complexity index is 368. The van der Waals surface area contributed by atoms with E-state index in [9.17, 15) is 0 Å². The fraction of sp³-hybridized carbons (Fsp3) is 0.636. The lowest BCUT2D eigenvalue weighted by atomic mass is 10.4. The number of morpholine rings is 1. The van der Waals surface area contributed by atoms with Gasteiger partial charge < -0.3 is 15.0 Å². The minimum atomic E-state index is 0.592. The van der Waals surface area contributed by atoms with E-state index in [0.29, 0.717) is 11.0 Å². The molecule has 1 saturated heterocycles. The van der Waals surface area contributed by atoms with Crippen molar-refractivity contribution < 1.29 is 4.74 Å². The Hall–Kier alpha value is -1.07. The van der Waals surface area contributed by atoms with Crippen LogP contribution in [0.4, 0.5) is 11.8 Å². The quantitative estimate of drug-likeness (QED) is 0.890. The molecule has 0 amide bonds. The highest BCUT2D eigenvalue weighted by Crippen LogP contribution is 2.24. The molecular formula is C11H17ClN4O. The van der Waals surface area contributed by atoms with E-state index >= 15 is 0 Å². The zero-order valence-corrected chi connectivity index (χ0v) is 10.7. The predicted octanol–water partition coefficient (Wildman–Crippen LogP) is 1.79. The Morgan fingerprint density at radius 3 is 2.94 bits per heavy atom. The summed E-state index contributed by atoms with van der Waals surface area (Å²) < 4.78 is 5.31. The average Bonchev–Trinajstić information content (AvgIpc) is 2.39.